The number of carbonyl (C=O) groups is 2. The number of H-pyrrole nitrogens is 1. The standard InChI is InChI=1S/C27H25NO6/c1-32-16-6-5-15-11-19(26(31)28-20(15)12-16)18-13-23(30)33-22-8-7-17-21(29)14-27(9-3-2-4-10-27)34-25(17)24(18)22/h5-8,11-12,18H,2-4,9-10,13-14H2,1H3,(H,28,31)/t18-/m0/s1. The average Bonchev–Trinajstić information content (AvgIpc) is 2.82. The predicted molar refractivity (Wildman–Crippen MR) is 125 cm³/mol. The summed E-state index contributed by atoms with van der Waals surface area (Å²) < 4.78 is 17.5. The summed E-state index contributed by atoms with van der Waals surface area (Å²) in [6, 6.07) is 10.6. The lowest BCUT2D eigenvalue weighted by Crippen LogP contribution is -2.44. The van der Waals surface area contributed by atoms with Crippen molar-refractivity contribution in [3.8, 4) is 17.2 Å². The van der Waals surface area contributed by atoms with E-state index in [0.29, 0.717) is 45.9 Å². The zero-order chi connectivity index (χ0) is 23.4. The number of hydrogen-bond donors (Lipinski definition) is 1. The van der Waals surface area contributed by atoms with Gasteiger partial charge in [-0.05, 0) is 61.4 Å². The first-order valence-electron chi connectivity index (χ1n) is 11.8. The number of ether oxygens (including phenoxy) is 3. The van der Waals surface area contributed by atoms with Crippen LogP contribution in [0.3, 0.4) is 0 Å². The molecule has 1 aromatic heterocycles. The van der Waals surface area contributed by atoms with Crippen LogP contribution >= 0.6 is 0 Å². The molecule has 2 aromatic carbocycles. The second-order valence-electron chi connectivity index (χ2n) is 9.54. The first-order valence-corrected chi connectivity index (χ1v) is 11.8. The molecular weight excluding hydrogens is 434 g/mol. The molecule has 1 fully saturated rings. The molecule has 0 unspecified atom stereocenters. The lowest BCUT2D eigenvalue weighted by atomic mass is 9.76. The number of methoxy groups -OCH3 is 1. The molecule has 0 bridgehead atoms. The number of rotatable bonds is 2. The molecule has 34 heavy (non-hydrogen) atoms. The number of esters is 1. The molecule has 6 rings (SSSR count). The van der Waals surface area contributed by atoms with Crippen molar-refractivity contribution in [1.29, 1.82) is 0 Å². The minimum atomic E-state index is -0.576. The lowest BCUT2D eigenvalue weighted by molar-refractivity contribution is -0.135. The van der Waals surface area contributed by atoms with Crippen LogP contribution < -0.4 is 19.8 Å². The normalized spacial score (nSPS) is 20.9. The monoisotopic (exact) mass is 459 g/mol. The zero-order valence-electron chi connectivity index (χ0n) is 18.9. The Hall–Kier alpha value is -3.61. The van der Waals surface area contributed by atoms with Gasteiger partial charge < -0.3 is 19.2 Å². The van der Waals surface area contributed by atoms with E-state index >= 15 is 0 Å². The molecule has 3 aliphatic rings. The minimum absolute atomic E-state index is 0.00124. The molecule has 1 spiro atoms. The van der Waals surface area contributed by atoms with Crippen LogP contribution in [0.2, 0.25) is 0 Å². The molecule has 174 valence electrons. The van der Waals surface area contributed by atoms with Gasteiger partial charge in [0.1, 0.15) is 22.8 Å². The predicted octanol–water partition coefficient (Wildman–Crippen LogP) is 4.65. The first-order chi connectivity index (χ1) is 16.5. The summed E-state index contributed by atoms with van der Waals surface area (Å²) in [5.41, 5.74) is 1.40. The van der Waals surface area contributed by atoms with E-state index in [-0.39, 0.29) is 17.8 Å². The average molecular weight is 459 g/mol. The van der Waals surface area contributed by atoms with Crippen molar-refractivity contribution in [2.45, 2.75) is 56.5 Å². The van der Waals surface area contributed by atoms with E-state index < -0.39 is 17.5 Å². The Bertz CT molecular complexity index is 1400. The number of aromatic nitrogens is 1. The molecule has 1 aliphatic carbocycles. The third-order valence-electron chi connectivity index (χ3n) is 7.42. The summed E-state index contributed by atoms with van der Waals surface area (Å²) in [6.45, 7) is 0. The fraction of sp³-hybridized carbons (Fsp3) is 0.370. The van der Waals surface area contributed by atoms with Crippen LogP contribution in [0.15, 0.2) is 41.2 Å². The third kappa shape index (κ3) is 3.30. The zero-order valence-corrected chi connectivity index (χ0v) is 18.9. The van der Waals surface area contributed by atoms with Gasteiger partial charge in [-0.25, -0.2) is 0 Å². The van der Waals surface area contributed by atoms with Crippen LogP contribution in [0.25, 0.3) is 10.9 Å². The molecule has 3 aromatic rings. The number of nitrogens with one attached hydrogen (secondary N) is 1. The molecule has 7 heteroatoms. The molecular formula is C27H25NO6. The smallest absolute Gasteiger partial charge is 0.312 e. The summed E-state index contributed by atoms with van der Waals surface area (Å²) in [4.78, 5) is 41.9. The van der Waals surface area contributed by atoms with E-state index in [1.54, 1.807) is 31.4 Å². The summed E-state index contributed by atoms with van der Waals surface area (Å²) in [7, 11) is 1.57. The molecule has 7 nitrogen and oxygen atoms in total. The Labute approximate surface area is 196 Å². The van der Waals surface area contributed by atoms with Crippen LogP contribution in [-0.4, -0.2) is 29.4 Å². The van der Waals surface area contributed by atoms with Crippen molar-refractivity contribution in [3.05, 3.63) is 63.4 Å². The van der Waals surface area contributed by atoms with Crippen molar-refractivity contribution >= 4 is 22.7 Å². The maximum atomic E-state index is 13.2. The van der Waals surface area contributed by atoms with Gasteiger partial charge >= 0.3 is 5.97 Å². The van der Waals surface area contributed by atoms with Crippen LogP contribution in [0.5, 0.6) is 17.2 Å². The van der Waals surface area contributed by atoms with Crippen molar-refractivity contribution in [3.63, 3.8) is 0 Å². The van der Waals surface area contributed by atoms with E-state index in [9.17, 15) is 14.4 Å². The van der Waals surface area contributed by atoms with Crippen molar-refractivity contribution in [2.24, 2.45) is 0 Å². The van der Waals surface area contributed by atoms with Crippen molar-refractivity contribution < 1.29 is 23.8 Å². The molecule has 1 saturated carbocycles. The molecule has 0 radical (unpaired) electrons. The van der Waals surface area contributed by atoms with Crippen LogP contribution in [0, 0.1) is 0 Å². The number of Topliss-reactive ketones (excluding diaryl/α,β-unsaturated/α-hetero) is 1. The maximum absolute atomic E-state index is 13.2. The Morgan fingerprint density at radius 1 is 1.03 bits per heavy atom. The van der Waals surface area contributed by atoms with Crippen LogP contribution in [0.4, 0.5) is 0 Å². The van der Waals surface area contributed by atoms with Gasteiger partial charge in [0.15, 0.2) is 5.78 Å². The lowest BCUT2D eigenvalue weighted by Gasteiger charge is -2.42. The number of ketones is 1. The van der Waals surface area contributed by atoms with E-state index in [1.807, 2.05) is 12.1 Å². The number of benzene rings is 2. The number of pyridine rings is 1. The fourth-order valence-electron chi connectivity index (χ4n) is 5.73. The van der Waals surface area contributed by atoms with Gasteiger partial charge in [0.25, 0.3) is 5.56 Å². The maximum Gasteiger partial charge on any atom is 0.312 e. The highest BCUT2D eigenvalue weighted by atomic mass is 16.5. The SMILES string of the molecule is COc1ccc2cc([C@@H]3CC(=O)Oc4ccc5c(c43)OC3(CCCCC3)CC5=O)c(=O)[nH]c2c1. The van der Waals surface area contributed by atoms with Gasteiger partial charge in [-0.2, -0.15) is 0 Å². The van der Waals surface area contributed by atoms with E-state index in [1.165, 1.54) is 0 Å². The molecule has 3 heterocycles. The van der Waals surface area contributed by atoms with E-state index in [0.717, 1.165) is 37.5 Å². The fourth-order valence-corrected chi connectivity index (χ4v) is 5.73. The molecule has 1 atom stereocenters. The largest absolute Gasteiger partial charge is 0.497 e. The van der Waals surface area contributed by atoms with Crippen molar-refractivity contribution in [1.82, 2.24) is 4.98 Å². The van der Waals surface area contributed by atoms with E-state index in [4.69, 9.17) is 14.2 Å². The number of carbonyl (C=O) groups excluding carboxylic acids is 2. The minimum Gasteiger partial charge on any atom is -0.497 e. The van der Waals surface area contributed by atoms with Crippen LogP contribution in [-0.2, 0) is 4.79 Å². The first kappa shape index (κ1) is 21.0. The highest BCUT2D eigenvalue weighted by Crippen LogP contribution is 2.50. The van der Waals surface area contributed by atoms with Gasteiger partial charge in [0.2, 0.25) is 0 Å². The summed E-state index contributed by atoms with van der Waals surface area (Å²) in [5.74, 6) is 0.522. The molecule has 0 saturated heterocycles. The van der Waals surface area contributed by atoms with Gasteiger partial charge in [0.05, 0.1) is 31.0 Å². The van der Waals surface area contributed by atoms with Gasteiger partial charge in [-0.3, -0.25) is 14.4 Å². The number of fused-ring (bicyclic) bond motifs is 4. The Morgan fingerprint density at radius 3 is 2.65 bits per heavy atom. The summed E-state index contributed by atoms with van der Waals surface area (Å²) in [6.07, 6.45) is 5.18. The molecule has 1 N–H and O–H groups in total. The highest BCUT2D eigenvalue weighted by molar-refractivity contribution is 6.01. The summed E-state index contributed by atoms with van der Waals surface area (Å²) in [5, 5.41) is 0.821. The topological polar surface area (TPSA) is 94.7 Å². The number of aromatic amines is 1. The molecule has 0 amide bonds. The number of hydrogen-bond acceptors (Lipinski definition) is 6. The second-order valence-corrected chi connectivity index (χ2v) is 9.54. The van der Waals surface area contributed by atoms with Gasteiger partial charge in [0, 0.05) is 23.1 Å². The second kappa shape index (κ2) is 7.72. The Morgan fingerprint density at radius 2 is 1.85 bits per heavy atom. The Kier molecular flexibility index (Phi) is 4.76. The third-order valence-corrected chi connectivity index (χ3v) is 7.42. The van der Waals surface area contributed by atoms with Gasteiger partial charge in [-0.15, -0.1) is 0 Å². The molecule has 2 aliphatic heterocycles. The van der Waals surface area contributed by atoms with Gasteiger partial charge in [-0.1, -0.05) is 6.42 Å². The van der Waals surface area contributed by atoms with E-state index in [2.05, 4.69) is 4.98 Å². The highest BCUT2D eigenvalue weighted by Gasteiger charge is 2.45. The summed E-state index contributed by atoms with van der Waals surface area (Å²) >= 11 is 0. The Balaban J connectivity index is 1.53. The quantitative estimate of drug-likeness (QED) is 0.443. The van der Waals surface area contributed by atoms with Crippen molar-refractivity contribution in [2.75, 3.05) is 7.11 Å². The van der Waals surface area contributed by atoms with Crippen LogP contribution in [0.1, 0.15) is 72.3 Å².